The summed E-state index contributed by atoms with van der Waals surface area (Å²) in [7, 11) is 0. The van der Waals surface area contributed by atoms with Gasteiger partial charge < -0.3 is 10.0 Å². The zero-order valence-corrected chi connectivity index (χ0v) is 14.3. The van der Waals surface area contributed by atoms with Crippen LogP contribution >= 0.6 is 11.6 Å². The number of rotatable bonds is 4. The molecule has 5 heteroatoms. The average molecular weight is 337 g/mol. The predicted molar refractivity (Wildman–Crippen MR) is 91.7 cm³/mol. The standard InChI is InChI=1S/C18H25ClN2O2/c19-16-5-3-4-15(14-16)18(6-1-2-7-18)17(23)21-10-8-20(9-11-21)12-13-22/h3-5,14,22H,1-2,6-13H2. The number of carbonyl (C=O) groups excluding carboxylic acids is 1. The van der Waals surface area contributed by atoms with Crippen molar-refractivity contribution in [3.63, 3.8) is 0 Å². The fourth-order valence-electron chi connectivity index (χ4n) is 4.01. The van der Waals surface area contributed by atoms with Crippen molar-refractivity contribution in [3.8, 4) is 0 Å². The van der Waals surface area contributed by atoms with Crippen molar-refractivity contribution < 1.29 is 9.90 Å². The molecule has 2 fully saturated rings. The maximum atomic E-state index is 13.3. The molecular formula is C18H25ClN2O2. The molecule has 3 rings (SSSR count). The molecular weight excluding hydrogens is 312 g/mol. The van der Waals surface area contributed by atoms with Crippen molar-refractivity contribution in [2.45, 2.75) is 31.1 Å². The molecule has 2 aliphatic rings. The van der Waals surface area contributed by atoms with Gasteiger partial charge in [-0.3, -0.25) is 9.69 Å². The van der Waals surface area contributed by atoms with Gasteiger partial charge in [0.25, 0.3) is 0 Å². The molecule has 0 unspecified atom stereocenters. The fraction of sp³-hybridized carbons (Fsp3) is 0.611. The Hall–Kier alpha value is -1.10. The first-order valence-electron chi connectivity index (χ1n) is 8.54. The number of amides is 1. The highest BCUT2D eigenvalue weighted by atomic mass is 35.5. The zero-order chi connectivity index (χ0) is 16.3. The van der Waals surface area contributed by atoms with Gasteiger partial charge in [0.2, 0.25) is 5.91 Å². The number of carbonyl (C=O) groups is 1. The Balaban J connectivity index is 1.78. The third-order valence-corrected chi connectivity index (χ3v) is 5.55. The van der Waals surface area contributed by atoms with Crippen molar-refractivity contribution in [2.75, 3.05) is 39.3 Å². The highest BCUT2D eigenvalue weighted by Crippen LogP contribution is 2.43. The van der Waals surface area contributed by atoms with Crippen LogP contribution in [0.1, 0.15) is 31.2 Å². The minimum atomic E-state index is -0.385. The van der Waals surface area contributed by atoms with Gasteiger partial charge in [-0.05, 0) is 30.5 Å². The number of piperazine rings is 1. The lowest BCUT2D eigenvalue weighted by atomic mass is 9.77. The number of β-amino-alcohol motifs (C(OH)–C–C–N with tert-alkyl or cyclic N) is 1. The lowest BCUT2D eigenvalue weighted by molar-refractivity contribution is -0.139. The predicted octanol–water partition coefficient (Wildman–Crippen LogP) is 2.29. The topological polar surface area (TPSA) is 43.8 Å². The highest BCUT2D eigenvalue weighted by Gasteiger charge is 2.45. The van der Waals surface area contributed by atoms with E-state index in [2.05, 4.69) is 11.0 Å². The van der Waals surface area contributed by atoms with Crippen LogP contribution in [0.3, 0.4) is 0 Å². The Labute approximate surface area is 143 Å². The molecule has 1 N–H and O–H groups in total. The summed E-state index contributed by atoms with van der Waals surface area (Å²) in [5, 5.41) is 9.75. The van der Waals surface area contributed by atoms with Gasteiger partial charge in [0, 0.05) is 37.7 Å². The Morgan fingerprint density at radius 2 is 1.87 bits per heavy atom. The van der Waals surface area contributed by atoms with Crippen LogP contribution < -0.4 is 0 Å². The monoisotopic (exact) mass is 336 g/mol. The summed E-state index contributed by atoms with van der Waals surface area (Å²) in [6, 6.07) is 7.83. The van der Waals surface area contributed by atoms with Crippen molar-refractivity contribution in [2.24, 2.45) is 0 Å². The molecule has 126 valence electrons. The quantitative estimate of drug-likeness (QED) is 0.917. The van der Waals surface area contributed by atoms with E-state index in [4.69, 9.17) is 16.7 Å². The maximum absolute atomic E-state index is 13.3. The molecule has 0 radical (unpaired) electrons. The van der Waals surface area contributed by atoms with Crippen LogP contribution in [0.25, 0.3) is 0 Å². The molecule has 1 aromatic rings. The van der Waals surface area contributed by atoms with Crippen LogP contribution in [0.15, 0.2) is 24.3 Å². The summed E-state index contributed by atoms with van der Waals surface area (Å²) in [5.74, 6) is 0.265. The summed E-state index contributed by atoms with van der Waals surface area (Å²) in [6.07, 6.45) is 4.04. The number of aliphatic hydroxyl groups is 1. The van der Waals surface area contributed by atoms with Crippen LogP contribution in [-0.2, 0) is 10.2 Å². The van der Waals surface area contributed by atoms with E-state index in [-0.39, 0.29) is 17.9 Å². The van der Waals surface area contributed by atoms with Crippen molar-refractivity contribution in [1.29, 1.82) is 0 Å². The van der Waals surface area contributed by atoms with E-state index in [1.54, 1.807) is 0 Å². The van der Waals surface area contributed by atoms with Crippen LogP contribution in [0.4, 0.5) is 0 Å². The Kier molecular flexibility index (Phi) is 5.24. The molecule has 1 aliphatic carbocycles. The fourth-order valence-corrected chi connectivity index (χ4v) is 4.20. The Bertz CT molecular complexity index is 550. The Morgan fingerprint density at radius 3 is 2.48 bits per heavy atom. The first-order valence-corrected chi connectivity index (χ1v) is 8.92. The first-order chi connectivity index (χ1) is 11.2. The second-order valence-corrected chi connectivity index (χ2v) is 7.09. The summed E-state index contributed by atoms with van der Waals surface area (Å²) >= 11 is 6.17. The summed E-state index contributed by atoms with van der Waals surface area (Å²) in [4.78, 5) is 17.5. The second kappa shape index (κ2) is 7.20. The smallest absolute Gasteiger partial charge is 0.233 e. The second-order valence-electron chi connectivity index (χ2n) is 6.66. The van der Waals surface area contributed by atoms with E-state index in [1.807, 2.05) is 23.1 Å². The van der Waals surface area contributed by atoms with E-state index >= 15 is 0 Å². The van der Waals surface area contributed by atoms with Crippen LogP contribution in [0, 0.1) is 0 Å². The molecule has 0 atom stereocenters. The maximum Gasteiger partial charge on any atom is 0.233 e. The molecule has 1 aliphatic heterocycles. The van der Waals surface area contributed by atoms with Crippen LogP contribution in [0.2, 0.25) is 5.02 Å². The first kappa shape index (κ1) is 16.7. The van der Waals surface area contributed by atoms with Gasteiger partial charge in [-0.2, -0.15) is 0 Å². The van der Waals surface area contributed by atoms with Gasteiger partial charge in [0.05, 0.1) is 12.0 Å². The van der Waals surface area contributed by atoms with E-state index < -0.39 is 0 Å². The van der Waals surface area contributed by atoms with Crippen LogP contribution in [-0.4, -0.2) is 60.1 Å². The van der Waals surface area contributed by atoms with Gasteiger partial charge in [-0.15, -0.1) is 0 Å². The average Bonchev–Trinajstić information content (AvgIpc) is 3.06. The number of aliphatic hydroxyl groups excluding tert-OH is 1. The summed E-state index contributed by atoms with van der Waals surface area (Å²) < 4.78 is 0. The van der Waals surface area contributed by atoms with Gasteiger partial charge in [0.1, 0.15) is 0 Å². The molecule has 1 aromatic carbocycles. The summed E-state index contributed by atoms with van der Waals surface area (Å²) in [5.41, 5.74) is 0.689. The molecule has 1 saturated carbocycles. The zero-order valence-electron chi connectivity index (χ0n) is 13.5. The normalized spacial score (nSPS) is 21.6. The van der Waals surface area contributed by atoms with Crippen molar-refractivity contribution in [1.82, 2.24) is 9.80 Å². The molecule has 0 aromatic heterocycles. The number of hydrogen-bond acceptors (Lipinski definition) is 3. The van der Waals surface area contributed by atoms with Gasteiger partial charge in [-0.25, -0.2) is 0 Å². The molecule has 23 heavy (non-hydrogen) atoms. The van der Waals surface area contributed by atoms with Crippen molar-refractivity contribution in [3.05, 3.63) is 34.9 Å². The number of halogens is 1. The highest BCUT2D eigenvalue weighted by molar-refractivity contribution is 6.30. The molecule has 0 bridgehead atoms. The van der Waals surface area contributed by atoms with E-state index in [1.165, 1.54) is 0 Å². The minimum Gasteiger partial charge on any atom is -0.395 e. The van der Waals surface area contributed by atoms with Gasteiger partial charge >= 0.3 is 0 Å². The van der Waals surface area contributed by atoms with Crippen LogP contribution in [0.5, 0.6) is 0 Å². The molecule has 4 nitrogen and oxygen atoms in total. The number of hydrogen-bond donors (Lipinski definition) is 1. The SMILES string of the molecule is O=C(N1CCN(CCO)CC1)C1(c2cccc(Cl)c2)CCCC1. The molecule has 1 saturated heterocycles. The molecule has 1 heterocycles. The lowest BCUT2D eigenvalue weighted by Gasteiger charge is -2.40. The summed E-state index contributed by atoms with van der Waals surface area (Å²) in [6.45, 7) is 4.07. The van der Waals surface area contributed by atoms with Gasteiger partial charge in [-0.1, -0.05) is 36.6 Å². The van der Waals surface area contributed by atoms with E-state index in [0.717, 1.165) is 57.4 Å². The largest absolute Gasteiger partial charge is 0.395 e. The number of benzene rings is 1. The van der Waals surface area contributed by atoms with Gasteiger partial charge in [0.15, 0.2) is 0 Å². The van der Waals surface area contributed by atoms with Crippen molar-refractivity contribution >= 4 is 17.5 Å². The minimum absolute atomic E-state index is 0.181. The van der Waals surface area contributed by atoms with E-state index in [9.17, 15) is 4.79 Å². The third-order valence-electron chi connectivity index (χ3n) is 5.32. The number of nitrogens with zero attached hydrogens (tertiary/aromatic N) is 2. The molecule has 1 amide bonds. The lowest BCUT2D eigenvalue weighted by Crippen LogP contribution is -2.54. The van der Waals surface area contributed by atoms with E-state index in [0.29, 0.717) is 11.6 Å². The Morgan fingerprint density at radius 1 is 1.17 bits per heavy atom. The molecule has 0 spiro atoms. The third kappa shape index (κ3) is 3.39.